The Bertz CT molecular complexity index is 617. The standard InChI is InChI=1S/C16H21N3O/c1-2-17-15(20)10-18-14-9-5-7-12-11-6-3-4-8-13(11)19-16(12)14/h3-4,6,8,14,18-19H,2,5,7,9-10H2,1H3,(H,17,20). The quantitative estimate of drug-likeness (QED) is 0.799. The van der Waals surface area contributed by atoms with E-state index in [1.165, 1.54) is 28.6 Å². The molecule has 0 radical (unpaired) electrons. The molecule has 1 amide bonds. The molecule has 4 heteroatoms. The Morgan fingerprint density at radius 2 is 2.25 bits per heavy atom. The van der Waals surface area contributed by atoms with Gasteiger partial charge in [0.2, 0.25) is 5.91 Å². The summed E-state index contributed by atoms with van der Waals surface area (Å²) in [6, 6.07) is 8.70. The number of aromatic amines is 1. The van der Waals surface area contributed by atoms with Gasteiger partial charge in [-0.2, -0.15) is 0 Å². The highest BCUT2D eigenvalue weighted by atomic mass is 16.1. The van der Waals surface area contributed by atoms with Crippen molar-refractivity contribution in [1.29, 1.82) is 0 Å². The normalized spacial score (nSPS) is 17.9. The third kappa shape index (κ3) is 2.43. The van der Waals surface area contributed by atoms with E-state index < -0.39 is 0 Å². The maximum absolute atomic E-state index is 11.6. The van der Waals surface area contributed by atoms with Gasteiger partial charge in [0, 0.05) is 29.2 Å². The summed E-state index contributed by atoms with van der Waals surface area (Å²) in [5.41, 5.74) is 3.88. The summed E-state index contributed by atoms with van der Waals surface area (Å²) >= 11 is 0. The molecule has 1 atom stereocenters. The molecular weight excluding hydrogens is 250 g/mol. The van der Waals surface area contributed by atoms with E-state index in [2.05, 4.69) is 39.9 Å². The van der Waals surface area contributed by atoms with Crippen LogP contribution in [0.1, 0.15) is 37.1 Å². The van der Waals surface area contributed by atoms with Gasteiger partial charge in [0.25, 0.3) is 0 Å². The average molecular weight is 271 g/mol. The lowest BCUT2D eigenvalue weighted by atomic mass is 9.92. The highest BCUT2D eigenvalue weighted by Crippen LogP contribution is 2.34. The number of rotatable bonds is 4. The van der Waals surface area contributed by atoms with Crippen LogP contribution in [-0.4, -0.2) is 24.0 Å². The molecule has 1 aliphatic carbocycles. The first-order valence-corrected chi connectivity index (χ1v) is 7.39. The molecule has 1 heterocycles. The van der Waals surface area contributed by atoms with Crippen LogP contribution in [-0.2, 0) is 11.2 Å². The minimum atomic E-state index is 0.0655. The van der Waals surface area contributed by atoms with Gasteiger partial charge < -0.3 is 15.6 Å². The molecule has 0 aliphatic heterocycles. The molecular formula is C16H21N3O. The Morgan fingerprint density at radius 1 is 1.40 bits per heavy atom. The topological polar surface area (TPSA) is 56.9 Å². The third-order valence-electron chi connectivity index (χ3n) is 4.00. The average Bonchev–Trinajstić information content (AvgIpc) is 2.84. The Hall–Kier alpha value is -1.81. The van der Waals surface area contributed by atoms with E-state index in [4.69, 9.17) is 0 Å². The van der Waals surface area contributed by atoms with Crippen LogP contribution in [0, 0.1) is 0 Å². The second-order valence-electron chi connectivity index (χ2n) is 5.34. The summed E-state index contributed by atoms with van der Waals surface area (Å²) in [5.74, 6) is 0.0655. The van der Waals surface area contributed by atoms with Crippen LogP contribution < -0.4 is 10.6 Å². The van der Waals surface area contributed by atoms with Crippen molar-refractivity contribution >= 4 is 16.8 Å². The smallest absolute Gasteiger partial charge is 0.233 e. The number of para-hydroxylation sites is 1. The molecule has 1 aromatic carbocycles. The van der Waals surface area contributed by atoms with Crippen LogP contribution in [0.25, 0.3) is 10.9 Å². The molecule has 0 bridgehead atoms. The van der Waals surface area contributed by atoms with E-state index in [0.717, 1.165) is 12.8 Å². The highest BCUT2D eigenvalue weighted by molar-refractivity contribution is 5.85. The van der Waals surface area contributed by atoms with Gasteiger partial charge in [-0.05, 0) is 37.8 Å². The molecule has 0 spiro atoms. The molecule has 0 saturated carbocycles. The molecule has 106 valence electrons. The molecule has 0 saturated heterocycles. The number of carbonyl (C=O) groups excluding carboxylic acids is 1. The van der Waals surface area contributed by atoms with E-state index in [-0.39, 0.29) is 11.9 Å². The maximum atomic E-state index is 11.6. The van der Waals surface area contributed by atoms with Crippen LogP contribution in [0.4, 0.5) is 0 Å². The van der Waals surface area contributed by atoms with Crippen molar-refractivity contribution in [3.8, 4) is 0 Å². The number of fused-ring (bicyclic) bond motifs is 3. The van der Waals surface area contributed by atoms with Gasteiger partial charge in [-0.3, -0.25) is 4.79 Å². The number of likely N-dealkylation sites (N-methyl/N-ethyl adjacent to an activating group) is 1. The summed E-state index contributed by atoms with van der Waals surface area (Å²) in [6.07, 6.45) is 3.37. The fourth-order valence-electron chi connectivity index (χ4n) is 3.09. The van der Waals surface area contributed by atoms with Gasteiger partial charge in [0.05, 0.1) is 6.54 Å². The number of nitrogens with one attached hydrogen (secondary N) is 3. The van der Waals surface area contributed by atoms with Crippen molar-refractivity contribution < 1.29 is 4.79 Å². The first-order valence-electron chi connectivity index (χ1n) is 7.39. The SMILES string of the molecule is CCNC(=O)CNC1CCCc2c1[nH]c1ccccc21. The third-order valence-corrected chi connectivity index (χ3v) is 4.00. The summed E-state index contributed by atoms with van der Waals surface area (Å²) in [5, 5.41) is 7.53. The van der Waals surface area contributed by atoms with Crippen LogP contribution in [0.5, 0.6) is 0 Å². The minimum Gasteiger partial charge on any atom is -0.357 e. The predicted molar refractivity (Wildman–Crippen MR) is 80.7 cm³/mol. The first-order chi connectivity index (χ1) is 9.79. The van der Waals surface area contributed by atoms with Crippen molar-refractivity contribution in [2.45, 2.75) is 32.2 Å². The van der Waals surface area contributed by atoms with Crippen LogP contribution in [0.15, 0.2) is 24.3 Å². The van der Waals surface area contributed by atoms with Crippen molar-refractivity contribution in [2.75, 3.05) is 13.1 Å². The molecule has 1 aromatic heterocycles. The zero-order valence-corrected chi connectivity index (χ0v) is 11.8. The summed E-state index contributed by atoms with van der Waals surface area (Å²) in [4.78, 5) is 15.1. The Morgan fingerprint density at radius 3 is 3.10 bits per heavy atom. The molecule has 2 aromatic rings. The maximum Gasteiger partial charge on any atom is 0.233 e. The number of amides is 1. The van der Waals surface area contributed by atoms with Gasteiger partial charge in [-0.25, -0.2) is 0 Å². The van der Waals surface area contributed by atoms with Crippen molar-refractivity contribution in [2.24, 2.45) is 0 Å². The monoisotopic (exact) mass is 271 g/mol. The number of carbonyl (C=O) groups is 1. The summed E-state index contributed by atoms with van der Waals surface area (Å²) < 4.78 is 0. The van der Waals surface area contributed by atoms with Crippen molar-refractivity contribution in [3.05, 3.63) is 35.5 Å². The first kappa shape index (κ1) is 13.2. The lowest BCUT2D eigenvalue weighted by Crippen LogP contribution is -2.36. The second kappa shape index (κ2) is 5.67. The summed E-state index contributed by atoms with van der Waals surface area (Å²) in [7, 11) is 0. The largest absolute Gasteiger partial charge is 0.357 e. The van der Waals surface area contributed by atoms with Gasteiger partial charge in [0.15, 0.2) is 0 Å². The predicted octanol–water partition coefficient (Wildman–Crippen LogP) is 2.27. The lowest BCUT2D eigenvalue weighted by Gasteiger charge is -2.23. The van der Waals surface area contributed by atoms with E-state index in [1.54, 1.807) is 0 Å². The van der Waals surface area contributed by atoms with Gasteiger partial charge >= 0.3 is 0 Å². The fourth-order valence-corrected chi connectivity index (χ4v) is 3.09. The van der Waals surface area contributed by atoms with Gasteiger partial charge in [-0.15, -0.1) is 0 Å². The zero-order valence-electron chi connectivity index (χ0n) is 11.8. The number of H-pyrrole nitrogens is 1. The summed E-state index contributed by atoms with van der Waals surface area (Å²) in [6.45, 7) is 3.00. The molecule has 0 fully saturated rings. The number of hydrogen-bond acceptors (Lipinski definition) is 2. The molecule has 3 rings (SSSR count). The molecule has 4 nitrogen and oxygen atoms in total. The number of aryl methyl sites for hydroxylation is 1. The lowest BCUT2D eigenvalue weighted by molar-refractivity contribution is -0.120. The van der Waals surface area contributed by atoms with Gasteiger partial charge in [0.1, 0.15) is 0 Å². The highest BCUT2D eigenvalue weighted by Gasteiger charge is 2.24. The Balaban J connectivity index is 1.81. The second-order valence-corrected chi connectivity index (χ2v) is 5.34. The van der Waals surface area contributed by atoms with Crippen LogP contribution in [0.2, 0.25) is 0 Å². The van der Waals surface area contributed by atoms with Crippen molar-refractivity contribution in [1.82, 2.24) is 15.6 Å². The molecule has 3 N–H and O–H groups in total. The minimum absolute atomic E-state index is 0.0655. The van der Waals surface area contributed by atoms with E-state index >= 15 is 0 Å². The molecule has 1 aliphatic rings. The Labute approximate surface area is 118 Å². The van der Waals surface area contributed by atoms with E-state index in [1.807, 2.05) is 6.92 Å². The number of aromatic nitrogens is 1. The van der Waals surface area contributed by atoms with Crippen LogP contribution >= 0.6 is 0 Å². The van der Waals surface area contributed by atoms with Crippen molar-refractivity contribution in [3.63, 3.8) is 0 Å². The number of hydrogen-bond donors (Lipinski definition) is 3. The van der Waals surface area contributed by atoms with Gasteiger partial charge in [-0.1, -0.05) is 18.2 Å². The zero-order chi connectivity index (χ0) is 13.9. The molecule has 20 heavy (non-hydrogen) atoms. The molecule has 1 unspecified atom stereocenters. The van der Waals surface area contributed by atoms with Crippen LogP contribution in [0.3, 0.4) is 0 Å². The fraction of sp³-hybridized carbons (Fsp3) is 0.438. The van der Waals surface area contributed by atoms with E-state index in [0.29, 0.717) is 13.1 Å². The Kier molecular flexibility index (Phi) is 3.74. The van der Waals surface area contributed by atoms with E-state index in [9.17, 15) is 4.79 Å². The number of benzene rings is 1.